The molecule has 0 aromatic carbocycles. The Morgan fingerprint density at radius 2 is 2.39 bits per heavy atom. The molecular weight excluding hydrogens is 252 g/mol. The van der Waals surface area contributed by atoms with Crippen molar-refractivity contribution in [2.45, 2.75) is 38.8 Å². The van der Waals surface area contributed by atoms with Crippen LogP contribution in [0.3, 0.4) is 0 Å². The summed E-state index contributed by atoms with van der Waals surface area (Å²) in [5.74, 6) is 0. The summed E-state index contributed by atoms with van der Waals surface area (Å²) >= 11 is 6.09. The van der Waals surface area contributed by atoms with Gasteiger partial charge in [-0.25, -0.2) is 4.68 Å². The van der Waals surface area contributed by atoms with E-state index < -0.39 is 0 Å². The molecule has 2 heterocycles. The summed E-state index contributed by atoms with van der Waals surface area (Å²) in [6.45, 7) is 4.46. The molecule has 18 heavy (non-hydrogen) atoms. The Labute approximate surface area is 112 Å². The Hall–Kier alpha value is -1.07. The normalized spacial score (nSPS) is 20.4. The van der Waals surface area contributed by atoms with Crippen molar-refractivity contribution in [1.29, 1.82) is 0 Å². The molecule has 1 atom stereocenters. The van der Waals surface area contributed by atoms with E-state index in [-0.39, 0.29) is 10.6 Å². The van der Waals surface area contributed by atoms with Gasteiger partial charge in [0.05, 0.1) is 11.9 Å². The van der Waals surface area contributed by atoms with Gasteiger partial charge in [-0.15, -0.1) is 0 Å². The van der Waals surface area contributed by atoms with Gasteiger partial charge >= 0.3 is 0 Å². The van der Waals surface area contributed by atoms with Crippen LogP contribution in [0.5, 0.6) is 0 Å². The molecule has 5 nitrogen and oxygen atoms in total. The van der Waals surface area contributed by atoms with Crippen molar-refractivity contribution in [2.24, 2.45) is 0 Å². The number of aromatic nitrogens is 2. The molecule has 0 saturated carbocycles. The van der Waals surface area contributed by atoms with Gasteiger partial charge < -0.3 is 10.6 Å². The third kappa shape index (κ3) is 3.03. The maximum atomic E-state index is 11.8. The number of aryl methyl sites for hydroxylation is 1. The summed E-state index contributed by atoms with van der Waals surface area (Å²) in [7, 11) is 0. The zero-order chi connectivity index (χ0) is 13.0. The van der Waals surface area contributed by atoms with E-state index in [1.165, 1.54) is 4.68 Å². The van der Waals surface area contributed by atoms with E-state index in [0.29, 0.717) is 18.3 Å². The van der Waals surface area contributed by atoms with Crippen molar-refractivity contribution in [1.82, 2.24) is 15.1 Å². The summed E-state index contributed by atoms with van der Waals surface area (Å²) in [6, 6.07) is 0.358. The van der Waals surface area contributed by atoms with Crippen LogP contribution in [0.1, 0.15) is 26.2 Å². The second kappa shape index (κ2) is 6.20. The number of nitrogens with one attached hydrogen (secondary N) is 2. The van der Waals surface area contributed by atoms with Crippen molar-refractivity contribution in [2.75, 3.05) is 18.4 Å². The molecule has 0 aliphatic carbocycles. The highest BCUT2D eigenvalue weighted by Crippen LogP contribution is 2.19. The highest BCUT2D eigenvalue weighted by molar-refractivity contribution is 6.32. The van der Waals surface area contributed by atoms with Crippen molar-refractivity contribution in [3.05, 3.63) is 21.6 Å². The number of hydrogen-bond acceptors (Lipinski definition) is 4. The molecule has 1 aromatic rings. The molecule has 2 rings (SSSR count). The lowest BCUT2D eigenvalue weighted by atomic mass is 10.1. The minimum Gasteiger partial charge on any atom is -0.380 e. The lowest BCUT2D eigenvalue weighted by Crippen LogP contribution is -2.26. The minimum atomic E-state index is -0.226. The van der Waals surface area contributed by atoms with Crippen molar-refractivity contribution in [3.8, 4) is 0 Å². The molecule has 1 fully saturated rings. The average molecular weight is 271 g/mol. The first-order chi connectivity index (χ1) is 8.72. The lowest BCUT2D eigenvalue weighted by molar-refractivity contribution is 0.609. The third-order valence-corrected chi connectivity index (χ3v) is 3.59. The number of nitrogens with zero attached hydrogens (tertiary/aromatic N) is 2. The van der Waals surface area contributed by atoms with Gasteiger partial charge in [-0.3, -0.25) is 4.79 Å². The smallest absolute Gasteiger partial charge is 0.287 e. The van der Waals surface area contributed by atoms with E-state index in [9.17, 15) is 4.79 Å². The van der Waals surface area contributed by atoms with Crippen LogP contribution in [0.2, 0.25) is 5.02 Å². The first-order valence-electron chi connectivity index (χ1n) is 6.45. The highest BCUT2D eigenvalue weighted by Gasteiger charge is 2.15. The van der Waals surface area contributed by atoms with Crippen LogP contribution in [0.4, 0.5) is 5.69 Å². The van der Waals surface area contributed by atoms with Crippen molar-refractivity contribution in [3.63, 3.8) is 0 Å². The fourth-order valence-corrected chi connectivity index (χ4v) is 2.38. The molecule has 0 spiro atoms. The van der Waals surface area contributed by atoms with Gasteiger partial charge in [-0.1, -0.05) is 11.6 Å². The van der Waals surface area contributed by atoms with Gasteiger partial charge in [0.1, 0.15) is 5.02 Å². The van der Waals surface area contributed by atoms with E-state index in [1.807, 2.05) is 6.92 Å². The van der Waals surface area contributed by atoms with Gasteiger partial charge in [0.25, 0.3) is 5.56 Å². The molecule has 6 heteroatoms. The van der Waals surface area contributed by atoms with Crippen molar-refractivity contribution < 1.29 is 0 Å². The molecule has 0 amide bonds. The van der Waals surface area contributed by atoms with Crippen LogP contribution in [0, 0.1) is 0 Å². The minimum absolute atomic E-state index is 0.226. The number of rotatable bonds is 3. The van der Waals surface area contributed by atoms with E-state index in [1.54, 1.807) is 6.20 Å². The topological polar surface area (TPSA) is 59.0 Å². The van der Waals surface area contributed by atoms with Gasteiger partial charge in [0, 0.05) is 12.6 Å². The predicted octanol–water partition coefficient (Wildman–Crippen LogP) is 1.47. The molecule has 1 aromatic heterocycles. The monoisotopic (exact) mass is 270 g/mol. The van der Waals surface area contributed by atoms with Crippen LogP contribution in [0.25, 0.3) is 0 Å². The van der Waals surface area contributed by atoms with Crippen LogP contribution >= 0.6 is 11.6 Å². The van der Waals surface area contributed by atoms with Crippen molar-refractivity contribution >= 4 is 17.3 Å². The Balaban J connectivity index is 2.13. The Morgan fingerprint density at radius 3 is 3.17 bits per heavy atom. The summed E-state index contributed by atoms with van der Waals surface area (Å²) in [5.41, 5.74) is 0.425. The molecule has 100 valence electrons. The summed E-state index contributed by atoms with van der Waals surface area (Å²) in [5, 5.41) is 11.0. The largest absolute Gasteiger partial charge is 0.380 e. The summed E-state index contributed by atoms with van der Waals surface area (Å²) in [6.07, 6.45) is 4.90. The Morgan fingerprint density at radius 1 is 1.56 bits per heavy atom. The zero-order valence-corrected chi connectivity index (χ0v) is 11.3. The van der Waals surface area contributed by atoms with Gasteiger partial charge in [-0.2, -0.15) is 5.10 Å². The summed E-state index contributed by atoms with van der Waals surface area (Å²) in [4.78, 5) is 11.8. The molecule has 0 bridgehead atoms. The maximum absolute atomic E-state index is 11.8. The Bertz CT molecular complexity index is 452. The van der Waals surface area contributed by atoms with E-state index in [2.05, 4.69) is 15.7 Å². The van der Waals surface area contributed by atoms with E-state index >= 15 is 0 Å². The first-order valence-corrected chi connectivity index (χ1v) is 6.83. The summed E-state index contributed by atoms with van der Waals surface area (Å²) < 4.78 is 1.36. The maximum Gasteiger partial charge on any atom is 0.287 e. The second-order valence-electron chi connectivity index (χ2n) is 4.52. The van der Waals surface area contributed by atoms with Crippen LogP contribution in [-0.4, -0.2) is 28.9 Å². The van der Waals surface area contributed by atoms with Crippen LogP contribution < -0.4 is 16.2 Å². The molecule has 1 aliphatic heterocycles. The molecule has 1 saturated heterocycles. The quantitative estimate of drug-likeness (QED) is 0.873. The predicted molar refractivity (Wildman–Crippen MR) is 73.3 cm³/mol. The molecule has 2 N–H and O–H groups in total. The highest BCUT2D eigenvalue weighted by atomic mass is 35.5. The standard InChI is InChI=1S/C12H19ClN4O/c1-2-17-12(18)11(13)10(8-15-17)16-9-4-3-6-14-7-5-9/h8-9,14,16H,2-7H2,1H3. The van der Waals surface area contributed by atoms with Gasteiger partial charge in [0.2, 0.25) is 0 Å². The van der Waals surface area contributed by atoms with Crippen LogP contribution in [0.15, 0.2) is 11.0 Å². The molecule has 1 unspecified atom stereocenters. The van der Waals surface area contributed by atoms with E-state index in [0.717, 1.165) is 32.4 Å². The SMILES string of the molecule is CCn1ncc(NC2CCCNCC2)c(Cl)c1=O. The number of hydrogen-bond donors (Lipinski definition) is 2. The third-order valence-electron chi connectivity index (χ3n) is 3.22. The second-order valence-corrected chi connectivity index (χ2v) is 4.89. The lowest BCUT2D eigenvalue weighted by Gasteiger charge is -2.18. The fraction of sp³-hybridized carbons (Fsp3) is 0.667. The molecule has 0 radical (unpaired) electrons. The number of halogens is 1. The fourth-order valence-electron chi connectivity index (χ4n) is 2.17. The van der Waals surface area contributed by atoms with Gasteiger partial charge in [-0.05, 0) is 39.3 Å². The number of anilines is 1. The average Bonchev–Trinajstić information content (AvgIpc) is 2.64. The van der Waals surface area contributed by atoms with E-state index in [4.69, 9.17) is 11.6 Å². The van der Waals surface area contributed by atoms with Crippen LogP contribution in [-0.2, 0) is 6.54 Å². The van der Waals surface area contributed by atoms with Gasteiger partial charge in [0.15, 0.2) is 0 Å². The molecule has 1 aliphatic rings. The zero-order valence-electron chi connectivity index (χ0n) is 10.6. The Kier molecular flexibility index (Phi) is 4.60. The first kappa shape index (κ1) is 13.4. The molecular formula is C12H19ClN4O.